The number of rotatable bonds is 5. The highest BCUT2D eigenvalue weighted by Gasteiger charge is 2.44. The summed E-state index contributed by atoms with van der Waals surface area (Å²) in [6.45, 7) is -0.162. The first-order valence-electron chi connectivity index (χ1n) is 6.11. The van der Waals surface area contributed by atoms with Gasteiger partial charge in [0, 0.05) is 6.04 Å². The molecule has 0 aromatic carbocycles. The predicted octanol–water partition coefficient (Wildman–Crippen LogP) is -0.429. The summed E-state index contributed by atoms with van der Waals surface area (Å²) in [6, 6.07) is -0.329. The van der Waals surface area contributed by atoms with E-state index in [9.17, 15) is 14.4 Å². The minimum atomic E-state index is -0.982. The number of hydrogen-bond donors (Lipinski definition) is 4. The highest BCUT2D eigenvalue weighted by atomic mass is 16.4. The lowest BCUT2D eigenvalue weighted by atomic mass is 9.77. The lowest BCUT2D eigenvalue weighted by Crippen LogP contribution is -2.59. The van der Waals surface area contributed by atoms with E-state index in [4.69, 9.17) is 5.11 Å². The Labute approximate surface area is 104 Å². The van der Waals surface area contributed by atoms with Gasteiger partial charge < -0.3 is 10.4 Å². The van der Waals surface area contributed by atoms with Crippen molar-refractivity contribution >= 4 is 17.9 Å². The Morgan fingerprint density at radius 1 is 1.22 bits per heavy atom. The zero-order valence-electron chi connectivity index (χ0n) is 9.99. The maximum Gasteiger partial charge on any atom is 0.323 e. The molecule has 0 aromatic rings. The summed E-state index contributed by atoms with van der Waals surface area (Å²) in [5.41, 5.74) is -0.982. The van der Waals surface area contributed by atoms with E-state index in [1.165, 1.54) is 0 Å². The first kappa shape index (κ1) is 12.8. The average Bonchev–Trinajstić information content (AvgIpc) is 2.98. The van der Waals surface area contributed by atoms with Crippen molar-refractivity contribution in [1.29, 1.82) is 0 Å². The van der Waals surface area contributed by atoms with Crippen LogP contribution >= 0.6 is 0 Å². The standard InChI is InChI=1S/C11H17N3O4/c15-8(14-10(18)13-7-2-3-7)6-12-11(9(16)17)4-1-5-11/h7,12H,1-6H2,(H,16,17)(H2,13,14,15,18). The van der Waals surface area contributed by atoms with E-state index >= 15 is 0 Å². The fourth-order valence-corrected chi connectivity index (χ4v) is 1.87. The van der Waals surface area contributed by atoms with Crippen LogP contribution in [0, 0.1) is 0 Å². The lowest BCUT2D eigenvalue weighted by Gasteiger charge is -2.38. The largest absolute Gasteiger partial charge is 0.480 e. The Hall–Kier alpha value is -1.63. The number of carboxylic acid groups (broad SMARTS) is 1. The lowest BCUT2D eigenvalue weighted by molar-refractivity contribution is -0.148. The molecule has 2 fully saturated rings. The maximum atomic E-state index is 11.4. The summed E-state index contributed by atoms with van der Waals surface area (Å²) in [5.74, 6) is -1.45. The highest BCUT2D eigenvalue weighted by Crippen LogP contribution is 2.31. The van der Waals surface area contributed by atoms with Crippen LogP contribution in [0.1, 0.15) is 32.1 Å². The van der Waals surface area contributed by atoms with Crippen LogP contribution in [0.25, 0.3) is 0 Å². The molecule has 0 bridgehead atoms. The van der Waals surface area contributed by atoms with Crippen LogP contribution in [0.4, 0.5) is 4.79 Å². The summed E-state index contributed by atoms with van der Waals surface area (Å²) in [4.78, 5) is 33.7. The van der Waals surface area contributed by atoms with Gasteiger partial charge in [0.25, 0.3) is 0 Å². The monoisotopic (exact) mass is 255 g/mol. The van der Waals surface area contributed by atoms with Gasteiger partial charge in [-0.3, -0.25) is 20.2 Å². The van der Waals surface area contributed by atoms with E-state index in [0.717, 1.165) is 19.3 Å². The van der Waals surface area contributed by atoms with Crippen LogP contribution in [-0.2, 0) is 9.59 Å². The van der Waals surface area contributed by atoms with Crippen molar-refractivity contribution in [2.24, 2.45) is 0 Å². The molecule has 0 saturated heterocycles. The van der Waals surface area contributed by atoms with Gasteiger partial charge in [0.1, 0.15) is 5.54 Å². The number of hydrogen-bond acceptors (Lipinski definition) is 4. The van der Waals surface area contributed by atoms with Crippen LogP contribution in [0.2, 0.25) is 0 Å². The molecule has 4 N–H and O–H groups in total. The van der Waals surface area contributed by atoms with Gasteiger partial charge in [-0.05, 0) is 32.1 Å². The quantitative estimate of drug-likeness (QED) is 0.533. The van der Waals surface area contributed by atoms with E-state index in [0.29, 0.717) is 12.8 Å². The molecule has 0 aromatic heterocycles. The van der Waals surface area contributed by atoms with Crippen molar-refractivity contribution in [2.45, 2.75) is 43.7 Å². The molecule has 7 heteroatoms. The summed E-state index contributed by atoms with van der Waals surface area (Å²) in [7, 11) is 0. The van der Waals surface area contributed by atoms with Gasteiger partial charge in [-0.25, -0.2) is 4.79 Å². The topological polar surface area (TPSA) is 108 Å². The number of carbonyl (C=O) groups excluding carboxylic acids is 2. The minimum Gasteiger partial charge on any atom is -0.480 e. The van der Waals surface area contributed by atoms with Gasteiger partial charge >= 0.3 is 12.0 Å². The molecular formula is C11H17N3O4. The third-order valence-corrected chi connectivity index (χ3v) is 3.37. The van der Waals surface area contributed by atoms with Crippen LogP contribution in [0.5, 0.6) is 0 Å². The molecular weight excluding hydrogens is 238 g/mol. The zero-order chi connectivity index (χ0) is 13.2. The number of carbonyl (C=O) groups is 3. The van der Waals surface area contributed by atoms with Crippen molar-refractivity contribution in [2.75, 3.05) is 6.54 Å². The van der Waals surface area contributed by atoms with E-state index < -0.39 is 23.4 Å². The molecule has 100 valence electrons. The molecule has 2 aliphatic rings. The molecule has 0 spiro atoms. The molecule has 7 nitrogen and oxygen atoms in total. The van der Waals surface area contributed by atoms with E-state index in [1.807, 2.05) is 0 Å². The SMILES string of the molecule is O=C(CNC1(C(=O)O)CCC1)NC(=O)NC1CC1. The van der Waals surface area contributed by atoms with Gasteiger partial charge in [0.05, 0.1) is 6.54 Å². The second-order valence-corrected chi connectivity index (χ2v) is 4.89. The van der Waals surface area contributed by atoms with Crippen molar-refractivity contribution in [3.8, 4) is 0 Å². The molecule has 0 atom stereocenters. The molecule has 2 saturated carbocycles. The molecule has 18 heavy (non-hydrogen) atoms. The number of nitrogens with one attached hydrogen (secondary N) is 3. The Kier molecular flexibility index (Phi) is 3.51. The second-order valence-electron chi connectivity index (χ2n) is 4.89. The van der Waals surface area contributed by atoms with Gasteiger partial charge in [-0.2, -0.15) is 0 Å². The number of urea groups is 1. The fourth-order valence-electron chi connectivity index (χ4n) is 1.87. The summed E-state index contributed by atoms with van der Waals surface area (Å²) < 4.78 is 0. The van der Waals surface area contributed by atoms with Crippen LogP contribution in [0.15, 0.2) is 0 Å². The molecule has 0 heterocycles. The molecule has 0 unspecified atom stereocenters. The van der Waals surface area contributed by atoms with Gasteiger partial charge in [0.2, 0.25) is 5.91 Å². The summed E-state index contributed by atoms with van der Waals surface area (Å²) in [5, 5.41) is 16.5. The van der Waals surface area contributed by atoms with E-state index in [1.54, 1.807) is 0 Å². The molecule has 0 aliphatic heterocycles. The van der Waals surface area contributed by atoms with Crippen LogP contribution < -0.4 is 16.0 Å². The van der Waals surface area contributed by atoms with Crippen molar-refractivity contribution in [1.82, 2.24) is 16.0 Å². The van der Waals surface area contributed by atoms with Crippen molar-refractivity contribution in [3.05, 3.63) is 0 Å². The molecule has 2 rings (SSSR count). The Balaban J connectivity index is 1.70. The molecule has 2 aliphatic carbocycles. The van der Waals surface area contributed by atoms with Gasteiger partial charge in [0.15, 0.2) is 0 Å². The fraction of sp³-hybridized carbons (Fsp3) is 0.727. The first-order valence-corrected chi connectivity index (χ1v) is 6.11. The molecule has 3 amide bonds. The van der Waals surface area contributed by atoms with Gasteiger partial charge in [-0.15, -0.1) is 0 Å². The first-order chi connectivity index (χ1) is 8.52. The zero-order valence-corrected chi connectivity index (χ0v) is 9.99. The summed E-state index contributed by atoms with van der Waals surface area (Å²) in [6.07, 6.45) is 3.76. The average molecular weight is 255 g/mol. The number of aliphatic carboxylic acids is 1. The smallest absolute Gasteiger partial charge is 0.323 e. The number of carboxylic acids is 1. The third kappa shape index (κ3) is 2.98. The Bertz CT molecular complexity index is 374. The summed E-state index contributed by atoms with van der Waals surface area (Å²) >= 11 is 0. The Morgan fingerprint density at radius 2 is 1.89 bits per heavy atom. The normalized spacial score (nSPS) is 20.7. The predicted molar refractivity (Wildman–Crippen MR) is 61.9 cm³/mol. The maximum absolute atomic E-state index is 11.4. The minimum absolute atomic E-state index is 0.162. The second kappa shape index (κ2) is 4.93. The Morgan fingerprint density at radius 3 is 2.33 bits per heavy atom. The molecule has 0 radical (unpaired) electrons. The van der Waals surface area contributed by atoms with Crippen molar-refractivity contribution < 1.29 is 19.5 Å². The highest BCUT2D eigenvalue weighted by molar-refractivity contribution is 5.95. The van der Waals surface area contributed by atoms with Crippen LogP contribution in [0.3, 0.4) is 0 Å². The van der Waals surface area contributed by atoms with Crippen molar-refractivity contribution in [3.63, 3.8) is 0 Å². The van der Waals surface area contributed by atoms with Gasteiger partial charge in [-0.1, -0.05) is 0 Å². The van der Waals surface area contributed by atoms with Crippen LogP contribution in [-0.4, -0.2) is 41.1 Å². The number of imide groups is 1. The number of amides is 3. The third-order valence-electron chi connectivity index (χ3n) is 3.37. The van der Waals surface area contributed by atoms with E-state index in [2.05, 4.69) is 16.0 Å². The van der Waals surface area contributed by atoms with E-state index in [-0.39, 0.29) is 12.6 Å².